The minimum Gasteiger partial charge on any atom is -0.330 e. The second-order valence-electron chi connectivity index (χ2n) is 4.17. The Labute approximate surface area is 128 Å². The Hall–Kier alpha value is -0.670. The van der Waals surface area contributed by atoms with Gasteiger partial charge in [0.2, 0.25) is 0 Å². The van der Waals surface area contributed by atoms with E-state index in [0.29, 0.717) is 6.54 Å². The van der Waals surface area contributed by atoms with Crippen molar-refractivity contribution >= 4 is 35.0 Å². The maximum atomic E-state index is 6.23. The second-order valence-corrected chi connectivity index (χ2v) is 6.04. The van der Waals surface area contributed by atoms with Crippen molar-refractivity contribution in [1.29, 1.82) is 0 Å². The molecule has 2 aromatic rings. The van der Waals surface area contributed by atoms with E-state index in [4.69, 9.17) is 28.9 Å². The number of hydrogen-bond acceptors (Lipinski definition) is 2. The number of hydrogen-bond donors (Lipinski definition) is 1. The summed E-state index contributed by atoms with van der Waals surface area (Å²) < 4.78 is 0. The van der Waals surface area contributed by atoms with Gasteiger partial charge in [-0.2, -0.15) is 0 Å². The molecule has 0 bridgehead atoms. The predicted octanol–water partition coefficient (Wildman–Crippen LogP) is 4.79. The fourth-order valence-electron chi connectivity index (χ4n) is 1.75. The molecular weight excluding hydrogens is 297 g/mol. The minimum absolute atomic E-state index is 0.617. The predicted molar refractivity (Wildman–Crippen MR) is 85.2 cm³/mol. The molecule has 2 N–H and O–H groups in total. The van der Waals surface area contributed by atoms with Gasteiger partial charge in [-0.1, -0.05) is 47.5 Å². The summed E-state index contributed by atoms with van der Waals surface area (Å²) in [5, 5.41) is 1.59. The topological polar surface area (TPSA) is 26.0 Å². The van der Waals surface area contributed by atoms with Crippen LogP contribution in [0.4, 0.5) is 0 Å². The first kappa shape index (κ1) is 14.7. The van der Waals surface area contributed by atoms with Gasteiger partial charge in [0.05, 0.1) is 0 Å². The van der Waals surface area contributed by atoms with Crippen LogP contribution in [0.15, 0.2) is 47.4 Å². The maximum Gasteiger partial charge on any atom is 0.0449 e. The number of rotatable bonds is 5. The Balaban J connectivity index is 2.04. The van der Waals surface area contributed by atoms with Gasteiger partial charge in [0.25, 0.3) is 0 Å². The molecule has 2 rings (SSSR count). The summed E-state index contributed by atoms with van der Waals surface area (Å²) >= 11 is 14.1. The third kappa shape index (κ3) is 4.15. The summed E-state index contributed by atoms with van der Waals surface area (Å²) in [6.07, 6.45) is 0.814. The van der Waals surface area contributed by atoms with Crippen LogP contribution in [-0.2, 0) is 12.2 Å². The van der Waals surface area contributed by atoms with Crippen LogP contribution in [0.5, 0.6) is 0 Å². The molecule has 0 aliphatic carbocycles. The number of thioether (sulfide) groups is 1. The molecule has 0 aromatic heterocycles. The first-order valence-corrected chi connectivity index (χ1v) is 7.79. The molecule has 0 atom stereocenters. The molecule has 0 saturated heterocycles. The highest BCUT2D eigenvalue weighted by atomic mass is 35.5. The highest BCUT2D eigenvalue weighted by Gasteiger charge is 2.04. The van der Waals surface area contributed by atoms with Crippen LogP contribution in [-0.4, -0.2) is 6.54 Å². The maximum absolute atomic E-state index is 6.23. The fraction of sp³-hybridized carbons (Fsp3) is 0.200. The minimum atomic E-state index is 0.617. The van der Waals surface area contributed by atoms with Gasteiger partial charge < -0.3 is 5.73 Å². The summed E-state index contributed by atoms with van der Waals surface area (Å²) in [6.45, 7) is 0.617. The molecule has 0 radical (unpaired) electrons. The van der Waals surface area contributed by atoms with E-state index < -0.39 is 0 Å². The van der Waals surface area contributed by atoms with Crippen molar-refractivity contribution in [2.75, 3.05) is 6.54 Å². The summed E-state index contributed by atoms with van der Waals surface area (Å²) in [6, 6.07) is 14.0. The first-order valence-electron chi connectivity index (χ1n) is 6.05. The van der Waals surface area contributed by atoms with Crippen LogP contribution in [0, 0.1) is 0 Å². The summed E-state index contributed by atoms with van der Waals surface area (Å²) in [4.78, 5) is 1.14. The highest BCUT2D eigenvalue weighted by molar-refractivity contribution is 7.98. The molecule has 0 amide bonds. The Morgan fingerprint density at radius 2 is 1.74 bits per heavy atom. The second kappa shape index (κ2) is 7.20. The lowest BCUT2D eigenvalue weighted by atomic mass is 10.1. The van der Waals surface area contributed by atoms with E-state index in [1.807, 2.05) is 36.4 Å². The zero-order valence-electron chi connectivity index (χ0n) is 10.4. The van der Waals surface area contributed by atoms with Crippen molar-refractivity contribution in [2.24, 2.45) is 5.73 Å². The smallest absolute Gasteiger partial charge is 0.0449 e. The van der Waals surface area contributed by atoms with E-state index in [1.165, 1.54) is 0 Å². The van der Waals surface area contributed by atoms with E-state index in [2.05, 4.69) is 6.07 Å². The van der Waals surface area contributed by atoms with E-state index in [9.17, 15) is 0 Å². The third-order valence-electron chi connectivity index (χ3n) is 2.79. The number of benzene rings is 2. The van der Waals surface area contributed by atoms with Crippen molar-refractivity contribution in [3.8, 4) is 0 Å². The number of halogens is 2. The van der Waals surface area contributed by atoms with Crippen molar-refractivity contribution in [3.05, 3.63) is 63.6 Å². The third-order valence-corrected chi connectivity index (χ3v) is 4.55. The first-order chi connectivity index (χ1) is 9.20. The fourth-order valence-corrected chi connectivity index (χ4v) is 3.31. The standard InChI is InChI=1S/C15H15Cl2NS/c16-14-4-2-1-3-12(14)10-19-13-6-5-11(7-8-18)15(17)9-13/h1-6,9H,7-8,10,18H2. The van der Waals surface area contributed by atoms with Crippen molar-refractivity contribution in [3.63, 3.8) is 0 Å². The Morgan fingerprint density at radius 1 is 0.947 bits per heavy atom. The Morgan fingerprint density at radius 3 is 2.42 bits per heavy atom. The van der Waals surface area contributed by atoms with Crippen molar-refractivity contribution in [2.45, 2.75) is 17.1 Å². The molecule has 19 heavy (non-hydrogen) atoms. The van der Waals surface area contributed by atoms with Crippen LogP contribution < -0.4 is 5.73 Å². The van der Waals surface area contributed by atoms with Gasteiger partial charge in [-0.05, 0) is 42.3 Å². The van der Waals surface area contributed by atoms with E-state index in [0.717, 1.165) is 38.2 Å². The van der Waals surface area contributed by atoms with Gasteiger partial charge in [-0.15, -0.1) is 11.8 Å². The molecule has 0 fully saturated rings. The number of nitrogens with two attached hydrogens (primary N) is 1. The zero-order valence-corrected chi connectivity index (χ0v) is 12.7. The molecule has 1 nitrogen and oxygen atoms in total. The summed E-state index contributed by atoms with van der Waals surface area (Å²) in [5.41, 5.74) is 7.78. The zero-order chi connectivity index (χ0) is 13.7. The lowest BCUT2D eigenvalue weighted by Gasteiger charge is -2.07. The highest BCUT2D eigenvalue weighted by Crippen LogP contribution is 2.29. The van der Waals surface area contributed by atoms with Crippen LogP contribution in [0.25, 0.3) is 0 Å². The molecule has 0 spiro atoms. The largest absolute Gasteiger partial charge is 0.330 e. The Bertz CT molecular complexity index is 558. The quantitative estimate of drug-likeness (QED) is 0.804. The van der Waals surface area contributed by atoms with Gasteiger partial charge in [-0.3, -0.25) is 0 Å². The normalized spacial score (nSPS) is 10.7. The van der Waals surface area contributed by atoms with Gasteiger partial charge in [0, 0.05) is 20.7 Å². The molecule has 0 saturated carbocycles. The average Bonchev–Trinajstić information content (AvgIpc) is 2.41. The van der Waals surface area contributed by atoms with Crippen LogP contribution in [0.2, 0.25) is 10.0 Å². The van der Waals surface area contributed by atoms with Crippen LogP contribution in [0.1, 0.15) is 11.1 Å². The molecule has 4 heteroatoms. The molecule has 0 aliphatic rings. The lowest BCUT2D eigenvalue weighted by molar-refractivity contribution is 0.967. The van der Waals surface area contributed by atoms with Crippen molar-refractivity contribution in [1.82, 2.24) is 0 Å². The lowest BCUT2D eigenvalue weighted by Crippen LogP contribution is -2.02. The molecule has 0 aliphatic heterocycles. The van der Waals surface area contributed by atoms with Gasteiger partial charge in [0.1, 0.15) is 0 Å². The molecule has 2 aromatic carbocycles. The van der Waals surface area contributed by atoms with Crippen LogP contribution >= 0.6 is 35.0 Å². The summed E-state index contributed by atoms with van der Waals surface area (Å²) in [7, 11) is 0. The van der Waals surface area contributed by atoms with E-state index >= 15 is 0 Å². The van der Waals surface area contributed by atoms with Gasteiger partial charge in [0.15, 0.2) is 0 Å². The average molecular weight is 312 g/mol. The van der Waals surface area contributed by atoms with E-state index in [-0.39, 0.29) is 0 Å². The Kier molecular flexibility index (Phi) is 5.59. The molecule has 0 unspecified atom stereocenters. The molecule has 0 heterocycles. The monoisotopic (exact) mass is 311 g/mol. The van der Waals surface area contributed by atoms with Gasteiger partial charge >= 0.3 is 0 Å². The van der Waals surface area contributed by atoms with E-state index in [1.54, 1.807) is 11.8 Å². The molecular formula is C15H15Cl2NS. The van der Waals surface area contributed by atoms with Gasteiger partial charge in [-0.25, -0.2) is 0 Å². The summed E-state index contributed by atoms with van der Waals surface area (Å²) in [5.74, 6) is 0.840. The van der Waals surface area contributed by atoms with Crippen molar-refractivity contribution < 1.29 is 0 Å². The molecule has 100 valence electrons. The van der Waals surface area contributed by atoms with Crippen LogP contribution in [0.3, 0.4) is 0 Å². The SMILES string of the molecule is NCCc1ccc(SCc2ccccc2Cl)cc1Cl.